The highest BCUT2D eigenvalue weighted by Gasteiger charge is 2.06. The third-order valence-electron chi connectivity index (χ3n) is 1.93. The van der Waals surface area contributed by atoms with E-state index in [1.54, 1.807) is 6.92 Å². The number of nitrogens with two attached hydrogens (primary N) is 1. The van der Waals surface area contributed by atoms with Crippen molar-refractivity contribution in [2.75, 3.05) is 0 Å². The largest absolute Gasteiger partial charge is 0.401 e. The fourth-order valence-electron chi connectivity index (χ4n) is 1.18. The molecule has 0 aromatic heterocycles. The van der Waals surface area contributed by atoms with Crippen LogP contribution < -0.4 is 5.73 Å². The molecule has 1 aromatic carbocycles. The van der Waals surface area contributed by atoms with Crippen molar-refractivity contribution in [1.82, 2.24) is 0 Å². The quantitative estimate of drug-likeness (QED) is 0.567. The molecular formula is C12H12N2. The second-order valence-electron chi connectivity index (χ2n) is 3.01. The van der Waals surface area contributed by atoms with Crippen molar-refractivity contribution in [3.63, 3.8) is 0 Å². The zero-order chi connectivity index (χ0) is 10.6. The Labute approximate surface area is 84.0 Å². The Morgan fingerprint density at radius 3 is 2.36 bits per heavy atom. The van der Waals surface area contributed by atoms with Crippen LogP contribution in [0.15, 0.2) is 48.2 Å². The third-order valence-corrected chi connectivity index (χ3v) is 1.93. The highest BCUT2D eigenvalue weighted by atomic mass is 14.6. The van der Waals surface area contributed by atoms with Crippen LogP contribution in [0.3, 0.4) is 0 Å². The highest BCUT2D eigenvalue weighted by Crippen LogP contribution is 2.21. The first-order valence-electron chi connectivity index (χ1n) is 4.28. The molecule has 0 aliphatic rings. The first-order valence-corrected chi connectivity index (χ1v) is 4.28. The van der Waals surface area contributed by atoms with Gasteiger partial charge in [-0.3, -0.25) is 0 Å². The van der Waals surface area contributed by atoms with E-state index in [1.807, 2.05) is 30.3 Å². The van der Waals surface area contributed by atoms with Gasteiger partial charge in [-0.25, -0.2) is 0 Å². The van der Waals surface area contributed by atoms with Crippen LogP contribution >= 0.6 is 0 Å². The number of hydrogen-bond acceptors (Lipinski definition) is 2. The van der Waals surface area contributed by atoms with E-state index in [4.69, 9.17) is 11.0 Å². The van der Waals surface area contributed by atoms with Gasteiger partial charge < -0.3 is 5.73 Å². The van der Waals surface area contributed by atoms with E-state index < -0.39 is 0 Å². The Bertz CT molecular complexity index is 404. The number of rotatable bonds is 2. The second kappa shape index (κ2) is 4.29. The van der Waals surface area contributed by atoms with Crippen molar-refractivity contribution in [3.8, 4) is 6.07 Å². The second-order valence-corrected chi connectivity index (χ2v) is 3.01. The molecule has 1 aromatic rings. The van der Waals surface area contributed by atoms with Crippen molar-refractivity contribution in [2.24, 2.45) is 5.73 Å². The normalized spacial score (nSPS) is 11.4. The fourth-order valence-corrected chi connectivity index (χ4v) is 1.18. The standard InChI is InChI=1S/C12H12N2/c1-9(12(8-13)10(2)14)11-6-4-3-5-7-11/h3-7H,1,14H2,2H3. The maximum Gasteiger partial charge on any atom is 0.102 e. The molecular weight excluding hydrogens is 172 g/mol. The van der Waals surface area contributed by atoms with Gasteiger partial charge in [0.2, 0.25) is 0 Å². The van der Waals surface area contributed by atoms with Crippen LogP contribution in [-0.2, 0) is 0 Å². The zero-order valence-electron chi connectivity index (χ0n) is 8.12. The van der Waals surface area contributed by atoms with Crippen molar-refractivity contribution < 1.29 is 0 Å². The molecule has 0 radical (unpaired) electrons. The molecule has 70 valence electrons. The first kappa shape index (κ1) is 10.1. The van der Waals surface area contributed by atoms with E-state index in [9.17, 15) is 0 Å². The van der Waals surface area contributed by atoms with E-state index in [-0.39, 0.29) is 0 Å². The number of allylic oxidation sites excluding steroid dienone is 3. The van der Waals surface area contributed by atoms with Crippen LogP contribution in [0.4, 0.5) is 0 Å². The van der Waals surface area contributed by atoms with Gasteiger partial charge in [0.15, 0.2) is 0 Å². The van der Waals surface area contributed by atoms with Crippen LogP contribution in [0.1, 0.15) is 12.5 Å². The lowest BCUT2D eigenvalue weighted by Crippen LogP contribution is -1.98. The van der Waals surface area contributed by atoms with Gasteiger partial charge in [0.1, 0.15) is 6.07 Å². The summed E-state index contributed by atoms with van der Waals surface area (Å²) < 4.78 is 0. The Balaban J connectivity index is 3.11. The van der Waals surface area contributed by atoms with E-state index in [1.165, 1.54) is 0 Å². The van der Waals surface area contributed by atoms with Gasteiger partial charge in [0.25, 0.3) is 0 Å². The summed E-state index contributed by atoms with van der Waals surface area (Å²) in [5, 5.41) is 8.88. The van der Waals surface area contributed by atoms with E-state index in [2.05, 4.69) is 12.6 Å². The summed E-state index contributed by atoms with van der Waals surface area (Å²) >= 11 is 0. The number of nitriles is 1. The molecule has 0 bridgehead atoms. The van der Waals surface area contributed by atoms with Gasteiger partial charge in [-0.15, -0.1) is 0 Å². The monoisotopic (exact) mass is 184 g/mol. The molecule has 0 aliphatic heterocycles. The third kappa shape index (κ3) is 2.02. The van der Waals surface area contributed by atoms with E-state index in [0.717, 1.165) is 5.56 Å². The summed E-state index contributed by atoms with van der Waals surface area (Å²) in [7, 11) is 0. The minimum absolute atomic E-state index is 0.455. The smallest absolute Gasteiger partial charge is 0.102 e. The molecule has 2 heteroatoms. The van der Waals surface area contributed by atoms with Crippen molar-refractivity contribution in [2.45, 2.75) is 6.92 Å². The van der Waals surface area contributed by atoms with Crippen molar-refractivity contribution in [3.05, 3.63) is 53.7 Å². The summed E-state index contributed by atoms with van der Waals surface area (Å²) in [6.45, 7) is 5.56. The maximum absolute atomic E-state index is 8.88. The Morgan fingerprint density at radius 1 is 1.36 bits per heavy atom. The SMILES string of the molecule is C=C(C(C#N)=C(C)N)c1ccccc1. The molecule has 2 N–H and O–H groups in total. The number of nitrogens with zero attached hydrogens (tertiary/aromatic N) is 1. The van der Waals surface area contributed by atoms with Gasteiger partial charge >= 0.3 is 0 Å². The van der Waals surface area contributed by atoms with Gasteiger partial charge in [-0.2, -0.15) is 5.26 Å². The Hall–Kier alpha value is -2.01. The maximum atomic E-state index is 8.88. The van der Waals surface area contributed by atoms with Crippen LogP contribution in [0, 0.1) is 11.3 Å². The van der Waals surface area contributed by atoms with Crippen molar-refractivity contribution >= 4 is 5.57 Å². The Kier molecular flexibility index (Phi) is 3.09. The molecule has 0 heterocycles. The lowest BCUT2D eigenvalue weighted by atomic mass is 9.99. The summed E-state index contributed by atoms with van der Waals surface area (Å²) in [5.41, 5.74) is 8.14. The molecule has 0 saturated carbocycles. The van der Waals surface area contributed by atoms with E-state index >= 15 is 0 Å². The van der Waals surface area contributed by atoms with Gasteiger partial charge in [0.05, 0.1) is 5.57 Å². The predicted octanol–water partition coefficient (Wildman–Crippen LogP) is 2.46. The minimum atomic E-state index is 0.455. The minimum Gasteiger partial charge on any atom is -0.401 e. The Morgan fingerprint density at radius 2 is 1.93 bits per heavy atom. The highest BCUT2D eigenvalue weighted by molar-refractivity contribution is 5.81. The van der Waals surface area contributed by atoms with Crippen molar-refractivity contribution in [1.29, 1.82) is 5.26 Å². The first-order chi connectivity index (χ1) is 6.66. The summed E-state index contributed by atoms with van der Waals surface area (Å²) in [6, 6.07) is 11.6. The molecule has 0 saturated heterocycles. The van der Waals surface area contributed by atoms with Crippen LogP contribution in [0.2, 0.25) is 0 Å². The zero-order valence-corrected chi connectivity index (χ0v) is 8.12. The fraction of sp³-hybridized carbons (Fsp3) is 0.0833. The number of hydrogen-bond donors (Lipinski definition) is 1. The molecule has 0 atom stereocenters. The molecule has 0 spiro atoms. The van der Waals surface area contributed by atoms with Gasteiger partial charge in [-0.05, 0) is 18.1 Å². The predicted molar refractivity (Wildman–Crippen MR) is 58.0 cm³/mol. The average molecular weight is 184 g/mol. The van der Waals surface area contributed by atoms with Crippen LogP contribution in [0.25, 0.3) is 5.57 Å². The molecule has 0 fully saturated rings. The average Bonchev–Trinajstić information content (AvgIpc) is 2.19. The molecule has 2 nitrogen and oxygen atoms in total. The molecule has 0 amide bonds. The van der Waals surface area contributed by atoms with E-state index in [0.29, 0.717) is 16.8 Å². The van der Waals surface area contributed by atoms with Crippen LogP contribution in [0.5, 0.6) is 0 Å². The summed E-state index contributed by atoms with van der Waals surface area (Å²) in [4.78, 5) is 0. The lowest BCUT2D eigenvalue weighted by Gasteiger charge is -2.05. The van der Waals surface area contributed by atoms with Gasteiger partial charge in [0, 0.05) is 5.70 Å². The summed E-state index contributed by atoms with van der Waals surface area (Å²) in [5.74, 6) is 0. The molecule has 0 aliphatic carbocycles. The lowest BCUT2D eigenvalue weighted by molar-refractivity contribution is 1.28. The van der Waals surface area contributed by atoms with Gasteiger partial charge in [-0.1, -0.05) is 36.9 Å². The summed E-state index contributed by atoms with van der Waals surface area (Å²) in [6.07, 6.45) is 0. The topological polar surface area (TPSA) is 49.8 Å². The molecule has 14 heavy (non-hydrogen) atoms. The number of benzene rings is 1. The van der Waals surface area contributed by atoms with Crippen LogP contribution in [-0.4, -0.2) is 0 Å². The molecule has 0 unspecified atom stereocenters. The molecule has 1 rings (SSSR count).